The Bertz CT molecular complexity index is 802. The summed E-state index contributed by atoms with van der Waals surface area (Å²) >= 11 is 3.25. The molecule has 0 aliphatic rings. The molecule has 4 heteroatoms. The van der Waals surface area contributed by atoms with Gasteiger partial charge in [-0.05, 0) is 35.4 Å². The summed E-state index contributed by atoms with van der Waals surface area (Å²) in [5.74, 6) is 0.0898. The van der Waals surface area contributed by atoms with Crippen molar-refractivity contribution in [3.63, 3.8) is 0 Å². The van der Waals surface area contributed by atoms with E-state index in [4.69, 9.17) is 0 Å². The number of nitrogens with zero attached hydrogens (tertiary/aromatic N) is 1. The van der Waals surface area contributed by atoms with E-state index in [0.717, 1.165) is 15.1 Å². The van der Waals surface area contributed by atoms with Crippen LogP contribution in [0.4, 0.5) is 0 Å². The number of hydrogen-bond acceptors (Lipinski definition) is 3. The Morgan fingerprint density at radius 2 is 2.09 bits per heavy atom. The number of carbonyl (C=O) groups excluding carboxylic acids is 1. The molecule has 0 saturated heterocycles. The fourth-order valence-electron chi connectivity index (χ4n) is 2.49. The Labute approximate surface area is 138 Å². The van der Waals surface area contributed by atoms with E-state index in [0.29, 0.717) is 13.1 Å². The first kappa shape index (κ1) is 15.0. The van der Waals surface area contributed by atoms with Crippen LogP contribution in [0.15, 0.2) is 54.4 Å². The normalized spacial score (nSPS) is 10.8. The lowest BCUT2D eigenvalue weighted by Crippen LogP contribution is -2.30. The number of aryl methyl sites for hydroxylation is 1. The predicted molar refractivity (Wildman–Crippen MR) is 95.8 cm³/mol. The Hall–Kier alpha value is -1.91. The molecule has 2 aromatic heterocycles. The summed E-state index contributed by atoms with van der Waals surface area (Å²) in [6.07, 6.45) is 1.79. The zero-order valence-electron chi connectivity index (χ0n) is 12.4. The molecule has 1 aromatic carbocycles. The second-order valence-electron chi connectivity index (χ2n) is 5.11. The average Bonchev–Trinajstić information content (AvgIpc) is 3.15. The molecule has 0 unspecified atom stereocenters. The van der Waals surface area contributed by atoms with Crippen molar-refractivity contribution in [2.45, 2.75) is 13.5 Å². The first-order valence-electron chi connectivity index (χ1n) is 7.11. The maximum Gasteiger partial charge on any atom is 0.264 e. The van der Waals surface area contributed by atoms with E-state index >= 15 is 0 Å². The van der Waals surface area contributed by atoms with Crippen molar-refractivity contribution in [3.05, 3.63) is 69.8 Å². The lowest BCUT2D eigenvalue weighted by molar-refractivity contribution is 0.0768. The van der Waals surface area contributed by atoms with Crippen molar-refractivity contribution in [2.75, 3.05) is 6.54 Å². The molecular weight excluding hydrogens is 310 g/mol. The molecule has 0 saturated carbocycles. The van der Waals surface area contributed by atoms with Gasteiger partial charge in [0, 0.05) is 16.1 Å². The lowest BCUT2D eigenvalue weighted by atomic mass is 10.1. The van der Waals surface area contributed by atoms with Crippen LogP contribution in [0.3, 0.4) is 0 Å². The Balaban J connectivity index is 1.94. The van der Waals surface area contributed by atoms with Crippen molar-refractivity contribution in [3.8, 4) is 0 Å². The van der Waals surface area contributed by atoms with Crippen LogP contribution >= 0.6 is 22.7 Å². The summed E-state index contributed by atoms with van der Waals surface area (Å²) in [6.45, 7) is 7.01. The molecule has 0 aliphatic carbocycles. The molecular formula is C18H17NOS2. The second kappa shape index (κ2) is 6.46. The van der Waals surface area contributed by atoms with Gasteiger partial charge in [-0.3, -0.25) is 4.79 Å². The fourth-order valence-corrected chi connectivity index (χ4v) is 4.38. The van der Waals surface area contributed by atoms with Gasteiger partial charge < -0.3 is 4.90 Å². The van der Waals surface area contributed by atoms with Gasteiger partial charge in [0.1, 0.15) is 0 Å². The van der Waals surface area contributed by atoms with Gasteiger partial charge in [-0.1, -0.05) is 30.3 Å². The fraction of sp³-hybridized carbons (Fsp3) is 0.167. The van der Waals surface area contributed by atoms with E-state index in [1.807, 2.05) is 35.4 Å². The first-order valence-corrected chi connectivity index (χ1v) is 8.81. The summed E-state index contributed by atoms with van der Waals surface area (Å²) < 4.78 is 1.16. The highest BCUT2D eigenvalue weighted by molar-refractivity contribution is 7.21. The Morgan fingerprint density at radius 1 is 1.27 bits per heavy atom. The van der Waals surface area contributed by atoms with Crippen LogP contribution in [0.1, 0.15) is 20.1 Å². The van der Waals surface area contributed by atoms with Crippen LogP contribution in [-0.2, 0) is 6.54 Å². The molecule has 0 spiro atoms. The summed E-state index contributed by atoms with van der Waals surface area (Å²) in [4.78, 5) is 16.8. The van der Waals surface area contributed by atoms with E-state index in [1.165, 1.54) is 10.3 Å². The molecule has 0 N–H and O–H groups in total. The molecule has 0 aliphatic heterocycles. The van der Waals surface area contributed by atoms with Gasteiger partial charge >= 0.3 is 0 Å². The van der Waals surface area contributed by atoms with Gasteiger partial charge in [0.2, 0.25) is 0 Å². The van der Waals surface area contributed by atoms with E-state index in [-0.39, 0.29) is 5.91 Å². The molecule has 1 amide bonds. The van der Waals surface area contributed by atoms with E-state index in [1.54, 1.807) is 28.7 Å². The van der Waals surface area contributed by atoms with Gasteiger partial charge in [0.05, 0.1) is 11.4 Å². The number of fused-ring (bicyclic) bond motifs is 1. The van der Waals surface area contributed by atoms with Gasteiger partial charge in [-0.15, -0.1) is 29.3 Å². The Morgan fingerprint density at radius 3 is 2.77 bits per heavy atom. The zero-order valence-corrected chi connectivity index (χ0v) is 14.0. The largest absolute Gasteiger partial charge is 0.329 e. The van der Waals surface area contributed by atoms with Crippen LogP contribution in [0.5, 0.6) is 0 Å². The zero-order chi connectivity index (χ0) is 15.5. The third-order valence-electron chi connectivity index (χ3n) is 3.60. The van der Waals surface area contributed by atoms with E-state index in [9.17, 15) is 4.79 Å². The minimum absolute atomic E-state index is 0.0898. The van der Waals surface area contributed by atoms with Gasteiger partial charge in [0.25, 0.3) is 5.91 Å². The predicted octanol–water partition coefficient (Wildman–Crippen LogP) is 5.10. The van der Waals surface area contributed by atoms with Gasteiger partial charge in [-0.2, -0.15) is 0 Å². The average molecular weight is 327 g/mol. The summed E-state index contributed by atoms with van der Waals surface area (Å²) in [5.41, 5.74) is 1.07. The summed E-state index contributed by atoms with van der Waals surface area (Å²) in [7, 11) is 0. The molecule has 2 heterocycles. The van der Waals surface area contributed by atoms with Crippen molar-refractivity contribution in [1.29, 1.82) is 0 Å². The maximum atomic E-state index is 12.9. The molecule has 22 heavy (non-hydrogen) atoms. The number of amides is 1. The molecule has 0 bridgehead atoms. The minimum Gasteiger partial charge on any atom is -0.329 e. The Kier molecular flexibility index (Phi) is 4.41. The van der Waals surface area contributed by atoms with Crippen LogP contribution in [0.2, 0.25) is 0 Å². The van der Waals surface area contributed by atoms with Crippen LogP contribution in [0, 0.1) is 6.92 Å². The number of hydrogen-bond donors (Lipinski definition) is 0. The smallest absolute Gasteiger partial charge is 0.264 e. The van der Waals surface area contributed by atoms with Crippen LogP contribution in [0.25, 0.3) is 10.1 Å². The molecule has 112 valence electrons. The lowest BCUT2D eigenvalue weighted by Gasteiger charge is -2.20. The third kappa shape index (κ3) is 2.85. The quantitative estimate of drug-likeness (QED) is 0.597. The molecule has 0 radical (unpaired) electrons. The van der Waals surface area contributed by atoms with Crippen molar-refractivity contribution in [2.24, 2.45) is 0 Å². The monoisotopic (exact) mass is 327 g/mol. The highest BCUT2D eigenvalue weighted by Crippen LogP contribution is 2.31. The number of thiophene rings is 2. The van der Waals surface area contributed by atoms with E-state index < -0.39 is 0 Å². The van der Waals surface area contributed by atoms with E-state index in [2.05, 4.69) is 24.8 Å². The molecule has 2 nitrogen and oxygen atoms in total. The van der Waals surface area contributed by atoms with Gasteiger partial charge in [0.15, 0.2) is 0 Å². The highest BCUT2D eigenvalue weighted by Gasteiger charge is 2.21. The molecule has 3 rings (SSSR count). The molecule has 0 atom stereocenters. The topological polar surface area (TPSA) is 20.3 Å². The van der Waals surface area contributed by atoms with Gasteiger partial charge in [-0.25, -0.2) is 0 Å². The minimum atomic E-state index is 0.0898. The standard InChI is InChI=1S/C18H17NOS2/c1-3-10-19(12-14-7-6-11-21-14)18(20)17-13(2)15-8-4-5-9-16(15)22-17/h3-9,11H,1,10,12H2,2H3. The highest BCUT2D eigenvalue weighted by atomic mass is 32.1. The molecule has 3 aromatic rings. The van der Waals surface area contributed by atoms with Crippen LogP contribution in [-0.4, -0.2) is 17.4 Å². The SMILES string of the molecule is C=CCN(Cc1cccs1)C(=O)c1sc2ccccc2c1C. The number of benzene rings is 1. The van der Waals surface area contributed by atoms with Crippen molar-refractivity contribution in [1.82, 2.24) is 4.90 Å². The maximum absolute atomic E-state index is 12.9. The summed E-state index contributed by atoms with van der Waals surface area (Å²) in [5, 5.41) is 3.21. The van der Waals surface area contributed by atoms with Crippen molar-refractivity contribution >= 4 is 38.7 Å². The summed E-state index contributed by atoms with van der Waals surface area (Å²) in [6, 6.07) is 12.3. The van der Waals surface area contributed by atoms with Crippen LogP contribution < -0.4 is 0 Å². The number of carbonyl (C=O) groups is 1. The second-order valence-corrected chi connectivity index (χ2v) is 7.19. The number of rotatable bonds is 5. The first-order chi connectivity index (χ1) is 10.7. The molecule has 0 fully saturated rings. The third-order valence-corrected chi connectivity index (χ3v) is 5.72. The van der Waals surface area contributed by atoms with Crippen molar-refractivity contribution < 1.29 is 4.79 Å².